The second-order valence-electron chi connectivity index (χ2n) is 5.81. The first-order valence-electron chi connectivity index (χ1n) is 7.74. The summed E-state index contributed by atoms with van der Waals surface area (Å²) in [7, 11) is 0. The third kappa shape index (κ3) is 4.01. The summed E-state index contributed by atoms with van der Waals surface area (Å²) >= 11 is 18.0. The van der Waals surface area contributed by atoms with Crippen molar-refractivity contribution in [1.82, 2.24) is 14.9 Å². The summed E-state index contributed by atoms with van der Waals surface area (Å²) in [6.07, 6.45) is 1.30. The van der Waals surface area contributed by atoms with Crippen LogP contribution >= 0.6 is 34.8 Å². The van der Waals surface area contributed by atoms with E-state index in [0.717, 1.165) is 5.56 Å². The number of nitrogens with zero attached hydrogens (tertiary/aromatic N) is 2. The van der Waals surface area contributed by atoms with Crippen molar-refractivity contribution in [2.45, 2.75) is 19.5 Å². The minimum absolute atomic E-state index is 0.170. The molecular weight excluding hydrogens is 397 g/mol. The summed E-state index contributed by atoms with van der Waals surface area (Å²) in [5, 5.41) is 4.31. The van der Waals surface area contributed by atoms with Crippen LogP contribution in [-0.4, -0.2) is 15.5 Å². The van der Waals surface area contributed by atoms with Gasteiger partial charge in [0, 0.05) is 10.0 Å². The fraction of sp³-hybridized carbons (Fsp3) is 0.167. The molecule has 2 aromatic carbocycles. The Morgan fingerprint density at radius 1 is 1.19 bits per heavy atom. The molecule has 0 saturated heterocycles. The van der Waals surface area contributed by atoms with E-state index in [9.17, 15) is 9.59 Å². The average Bonchev–Trinajstić information content (AvgIpc) is 2.57. The van der Waals surface area contributed by atoms with Crippen molar-refractivity contribution in [2.24, 2.45) is 0 Å². The molecule has 26 heavy (non-hydrogen) atoms. The Morgan fingerprint density at radius 3 is 2.69 bits per heavy atom. The van der Waals surface area contributed by atoms with Crippen molar-refractivity contribution in [3.63, 3.8) is 0 Å². The highest BCUT2D eigenvalue weighted by Crippen LogP contribution is 2.24. The zero-order valence-electron chi connectivity index (χ0n) is 13.7. The monoisotopic (exact) mass is 409 g/mol. The first-order valence-corrected chi connectivity index (χ1v) is 8.87. The van der Waals surface area contributed by atoms with Gasteiger partial charge in [-0.1, -0.05) is 46.9 Å². The summed E-state index contributed by atoms with van der Waals surface area (Å²) < 4.78 is 1.22. The third-order valence-electron chi connectivity index (χ3n) is 3.89. The Hall–Kier alpha value is -2.08. The number of nitrogens with one attached hydrogen (secondary N) is 1. The maximum atomic E-state index is 12.6. The Kier molecular flexibility index (Phi) is 5.51. The molecule has 1 aromatic heterocycles. The molecule has 8 heteroatoms. The number of rotatable bonds is 4. The number of benzene rings is 2. The minimum Gasteiger partial charge on any atom is -0.348 e. The van der Waals surface area contributed by atoms with E-state index in [4.69, 9.17) is 34.8 Å². The van der Waals surface area contributed by atoms with Crippen molar-refractivity contribution in [2.75, 3.05) is 0 Å². The molecule has 0 spiro atoms. The first kappa shape index (κ1) is 18.7. The molecule has 1 amide bonds. The molecule has 0 saturated carbocycles. The Balaban J connectivity index is 1.81. The first-order chi connectivity index (χ1) is 12.3. The van der Waals surface area contributed by atoms with Gasteiger partial charge in [-0.15, -0.1) is 0 Å². The van der Waals surface area contributed by atoms with Crippen LogP contribution in [0.2, 0.25) is 15.1 Å². The van der Waals surface area contributed by atoms with Gasteiger partial charge in [0.05, 0.1) is 28.3 Å². The van der Waals surface area contributed by atoms with Gasteiger partial charge in [-0.3, -0.25) is 14.2 Å². The number of halogens is 3. The lowest BCUT2D eigenvalue weighted by atomic mass is 10.1. The van der Waals surface area contributed by atoms with Gasteiger partial charge in [-0.25, -0.2) is 4.98 Å². The number of amides is 1. The Labute approximate surface area is 164 Å². The van der Waals surface area contributed by atoms with Crippen LogP contribution < -0.4 is 10.9 Å². The molecule has 0 fully saturated rings. The van der Waals surface area contributed by atoms with Crippen LogP contribution in [0.25, 0.3) is 10.9 Å². The van der Waals surface area contributed by atoms with Crippen molar-refractivity contribution in [3.8, 4) is 0 Å². The van der Waals surface area contributed by atoms with E-state index in [-0.39, 0.29) is 34.5 Å². The van der Waals surface area contributed by atoms with Crippen LogP contribution in [0.4, 0.5) is 0 Å². The fourth-order valence-corrected chi connectivity index (χ4v) is 3.35. The smallest absolute Gasteiger partial charge is 0.261 e. The van der Waals surface area contributed by atoms with E-state index in [2.05, 4.69) is 10.3 Å². The summed E-state index contributed by atoms with van der Waals surface area (Å²) in [5.74, 6) is -0.325. The molecule has 0 unspecified atom stereocenters. The molecule has 0 aliphatic rings. The largest absolute Gasteiger partial charge is 0.348 e. The number of aromatic nitrogens is 2. The van der Waals surface area contributed by atoms with Gasteiger partial charge in [0.25, 0.3) is 5.56 Å². The molecule has 5 nitrogen and oxygen atoms in total. The van der Waals surface area contributed by atoms with Crippen LogP contribution in [0.15, 0.2) is 47.5 Å². The van der Waals surface area contributed by atoms with Crippen LogP contribution in [0.5, 0.6) is 0 Å². The van der Waals surface area contributed by atoms with E-state index >= 15 is 0 Å². The second-order valence-corrected chi connectivity index (χ2v) is 7.09. The van der Waals surface area contributed by atoms with E-state index in [0.29, 0.717) is 15.6 Å². The van der Waals surface area contributed by atoms with E-state index in [1.165, 1.54) is 23.0 Å². The molecule has 0 radical (unpaired) electrons. The summed E-state index contributed by atoms with van der Waals surface area (Å²) in [5.41, 5.74) is 0.836. The number of carbonyl (C=O) groups excluding carboxylic acids is 1. The van der Waals surface area contributed by atoms with Gasteiger partial charge >= 0.3 is 0 Å². The van der Waals surface area contributed by atoms with E-state index in [1.54, 1.807) is 12.1 Å². The highest BCUT2D eigenvalue weighted by atomic mass is 35.5. The predicted octanol–water partition coefficient (Wildman–Crippen LogP) is 4.23. The summed E-state index contributed by atoms with van der Waals surface area (Å²) in [6, 6.07) is 9.96. The van der Waals surface area contributed by atoms with Gasteiger partial charge < -0.3 is 5.32 Å². The fourth-order valence-electron chi connectivity index (χ4n) is 2.61. The molecule has 0 bridgehead atoms. The van der Waals surface area contributed by atoms with Gasteiger partial charge in [-0.2, -0.15) is 0 Å². The molecular formula is C18H14Cl3N3O2. The van der Waals surface area contributed by atoms with Crippen LogP contribution in [0.3, 0.4) is 0 Å². The zero-order valence-corrected chi connectivity index (χ0v) is 15.9. The highest BCUT2D eigenvalue weighted by Gasteiger charge is 2.14. The van der Waals surface area contributed by atoms with Gasteiger partial charge in [-0.05, 0) is 36.8 Å². The molecule has 134 valence electrons. The van der Waals surface area contributed by atoms with Gasteiger partial charge in [0.1, 0.15) is 6.54 Å². The van der Waals surface area contributed by atoms with Gasteiger partial charge in [0.15, 0.2) is 0 Å². The lowest BCUT2D eigenvalue weighted by Crippen LogP contribution is -2.34. The number of hydrogen-bond acceptors (Lipinski definition) is 3. The molecule has 1 heterocycles. The standard InChI is InChI=1S/C18H14Cl3N3O2/c1-10(11-3-2-4-12(19)5-11)23-16(25)8-24-9-22-17-14(18(24)26)6-13(20)7-15(17)21/h2-7,9-10H,8H2,1H3,(H,23,25)/t10-/m1/s1. The quantitative estimate of drug-likeness (QED) is 0.700. The van der Waals surface area contributed by atoms with Gasteiger partial charge in [0.2, 0.25) is 5.91 Å². The normalized spacial score (nSPS) is 12.2. The molecule has 0 aliphatic heterocycles. The van der Waals surface area contributed by atoms with Crippen molar-refractivity contribution in [1.29, 1.82) is 0 Å². The summed E-state index contributed by atoms with van der Waals surface area (Å²) in [6.45, 7) is 1.67. The van der Waals surface area contributed by atoms with Crippen LogP contribution in [-0.2, 0) is 11.3 Å². The summed E-state index contributed by atoms with van der Waals surface area (Å²) in [4.78, 5) is 29.1. The lowest BCUT2D eigenvalue weighted by Gasteiger charge is -2.15. The van der Waals surface area contributed by atoms with Crippen LogP contribution in [0.1, 0.15) is 18.5 Å². The topological polar surface area (TPSA) is 64.0 Å². The number of hydrogen-bond donors (Lipinski definition) is 1. The predicted molar refractivity (Wildman–Crippen MR) is 104 cm³/mol. The third-order valence-corrected chi connectivity index (χ3v) is 4.63. The van der Waals surface area contributed by atoms with Crippen LogP contribution in [0, 0.1) is 0 Å². The van der Waals surface area contributed by atoms with Crippen molar-refractivity contribution >= 4 is 51.6 Å². The zero-order chi connectivity index (χ0) is 18.8. The van der Waals surface area contributed by atoms with E-state index in [1.807, 2.05) is 19.1 Å². The van der Waals surface area contributed by atoms with E-state index < -0.39 is 0 Å². The highest BCUT2D eigenvalue weighted by molar-refractivity contribution is 6.38. The lowest BCUT2D eigenvalue weighted by molar-refractivity contribution is -0.122. The minimum atomic E-state index is -0.384. The van der Waals surface area contributed by atoms with Crippen molar-refractivity contribution < 1.29 is 4.79 Å². The SMILES string of the molecule is C[C@@H](NC(=O)Cn1cnc2c(Cl)cc(Cl)cc2c1=O)c1cccc(Cl)c1. The molecule has 0 aliphatic carbocycles. The number of fused-ring (bicyclic) bond motifs is 1. The van der Waals surface area contributed by atoms with Crippen molar-refractivity contribution in [3.05, 3.63) is 73.7 Å². The molecule has 3 aromatic rings. The molecule has 3 rings (SSSR count). The second kappa shape index (κ2) is 7.66. The number of carbonyl (C=O) groups is 1. The average molecular weight is 411 g/mol. The Bertz CT molecular complexity index is 1050. The maximum Gasteiger partial charge on any atom is 0.261 e. The molecule has 1 atom stereocenters. The maximum absolute atomic E-state index is 12.6. The molecule has 1 N–H and O–H groups in total. The Morgan fingerprint density at radius 2 is 1.96 bits per heavy atom.